The number of hydrogen-bond acceptors (Lipinski definition) is 5. The number of benzene rings is 3. The van der Waals surface area contributed by atoms with E-state index in [0.717, 1.165) is 27.7 Å². The second-order valence-corrected chi connectivity index (χ2v) is 9.45. The first kappa shape index (κ1) is 25.8. The zero-order valence-corrected chi connectivity index (χ0v) is 21.5. The first-order chi connectivity index (χ1) is 17.7. The molecule has 0 spiro atoms. The Hall–Kier alpha value is -4.33. The molecule has 192 valence electrons. The molecule has 1 heterocycles. The maximum atomic E-state index is 11.3. The number of ether oxygens (including phenoxy) is 2. The molecule has 0 saturated carbocycles. The highest BCUT2D eigenvalue weighted by atomic mass is 16.5. The first-order valence-electron chi connectivity index (χ1n) is 12.2. The van der Waals surface area contributed by atoms with Gasteiger partial charge in [0.05, 0.1) is 23.6 Å². The van der Waals surface area contributed by atoms with Gasteiger partial charge >= 0.3 is 5.97 Å². The molecule has 0 amide bonds. The summed E-state index contributed by atoms with van der Waals surface area (Å²) in [5.74, 6) is 0.124. The van der Waals surface area contributed by atoms with Gasteiger partial charge in [-0.05, 0) is 57.5 Å². The fourth-order valence-electron chi connectivity index (χ4n) is 4.31. The number of carboxylic acids is 1. The molecule has 1 aromatic heterocycles. The number of para-hydroxylation sites is 2. The Morgan fingerprint density at radius 1 is 1.08 bits per heavy atom. The largest absolute Gasteiger partial charge is 0.490 e. The highest BCUT2D eigenvalue weighted by Crippen LogP contribution is 2.36. The minimum absolute atomic E-state index is 0.0553. The van der Waals surface area contributed by atoms with Gasteiger partial charge in [0.1, 0.15) is 29.6 Å². The van der Waals surface area contributed by atoms with Crippen LogP contribution in [0.4, 0.5) is 0 Å². The second-order valence-electron chi connectivity index (χ2n) is 9.45. The summed E-state index contributed by atoms with van der Waals surface area (Å²) in [4.78, 5) is 11.3. The van der Waals surface area contributed by atoms with Gasteiger partial charge < -0.3 is 20.3 Å². The number of rotatable bonds is 10. The van der Waals surface area contributed by atoms with Crippen molar-refractivity contribution < 1.29 is 19.4 Å². The average molecular weight is 501 g/mol. The zero-order valence-electron chi connectivity index (χ0n) is 21.5. The molecular weight excluding hydrogens is 468 g/mol. The summed E-state index contributed by atoms with van der Waals surface area (Å²) in [6.45, 7) is 8.19. The van der Waals surface area contributed by atoms with Crippen molar-refractivity contribution in [3.8, 4) is 22.6 Å². The summed E-state index contributed by atoms with van der Waals surface area (Å²) in [5, 5.41) is 23.0. The number of nitrogens with zero attached hydrogens (tertiary/aromatic N) is 2. The van der Waals surface area contributed by atoms with Crippen LogP contribution in [0.5, 0.6) is 11.5 Å². The van der Waals surface area contributed by atoms with Crippen molar-refractivity contribution in [2.75, 3.05) is 0 Å². The van der Waals surface area contributed by atoms with E-state index >= 15 is 0 Å². The Labute approximate surface area is 216 Å². The number of nitrogen functional groups attached to an aromatic ring is 1. The molecule has 4 aromatic rings. The topological polar surface area (TPSA) is 123 Å². The third kappa shape index (κ3) is 5.58. The zero-order chi connectivity index (χ0) is 26.7. The maximum absolute atomic E-state index is 11.3. The Kier molecular flexibility index (Phi) is 7.47. The molecule has 0 aliphatic heterocycles. The third-order valence-corrected chi connectivity index (χ3v) is 5.92. The van der Waals surface area contributed by atoms with Crippen LogP contribution in [0.25, 0.3) is 22.0 Å². The molecule has 4 rings (SSSR count). The molecule has 8 heteroatoms. The van der Waals surface area contributed by atoms with Gasteiger partial charge in [-0.2, -0.15) is 5.10 Å². The molecule has 0 radical (unpaired) electrons. The number of aliphatic carboxylic acids is 1. The van der Waals surface area contributed by atoms with Gasteiger partial charge in [-0.1, -0.05) is 36.4 Å². The lowest BCUT2D eigenvalue weighted by atomic mass is 9.99. The Bertz CT molecular complexity index is 1460. The van der Waals surface area contributed by atoms with Crippen LogP contribution in [-0.4, -0.2) is 32.8 Å². The molecule has 0 aliphatic carbocycles. The number of aromatic nitrogens is 2. The minimum Gasteiger partial charge on any atom is -0.490 e. The molecule has 0 fully saturated rings. The first-order valence-corrected chi connectivity index (χ1v) is 12.2. The molecule has 4 N–H and O–H groups in total. The summed E-state index contributed by atoms with van der Waals surface area (Å²) in [7, 11) is 0. The number of nitrogens with two attached hydrogens (primary N) is 1. The molecule has 37 heavy (non-hydrogen) atoms. The van der Waals surface area contributed by atoms with E-state index < -0.39 is 5.97 Å². The number of nitrogens with one attached hydrogen (secondary N) is 1. The van der Waals surface area contributed by atoms with Crippen LogP contribution in [0, 0.1) is 5.41 Å². The van der Waals surface area contributed by atoms with Crippen LogP contribution in [0.3, 0.4) is 0 Å². The van der Waals surface area contributed by atoms with Crippen LogP contribution < -0.4 is 15.2 Å². The Balaban J connectivity index is 1.79. The molecule has 0 unspecified atom stereocenters. The van der Waals surface area contributed by atoms with Crippen molar-refractivity contribution in [2.45, 2.75) is 52.9 Å². The maximum Gasteiger partial charge on any atom is 0.307 e. The van der Waals surface area contributed by atoms with Crippen molar-refractivity contribution in [2.24, 2.45) is 5.73 Å². The lowest BCUT2D eigenvalue weighted by molar-refractivity contribution is -0.136. The van der Waals surface area contributed by atoms with Gasteiger partial charge in [0.15, 0.2) is 0 Å². The molecular formula is C29H32N4O4. The molecule has 0 atom stereocenters. The number of hydrogen-bond donors (Lipinski definition) is 3. The second kappa shape index (κ2) is 10.7. The highest BCUT2D eigenvalue weighted by molar-refractivity contribution is 6.00. The monoisotopic (exact) mass is 500 g/mol. The normalized spacial score (nSPS) is 11.3. The van der Waals surface area contributed by atoms with E-state index in [0.29, 0.717) is 22.6 Å². The SMILES string of the molecule is CC(C)Oc1c(C(=N)N)cccc1-c1ccc2c(c1)c(COc1ccccc1CC(=O)O)nn2C(C)C. The molecule has 0 saturated heterocycles. The molecule has 0 aliphatic rings. The molecule has 0 bridgehead atoms. The predicted molar refractivity (Wildman–Crippen MR) is 144 cm³/mol. The van der Waals surface area contributed by atoms with E-state index in [4.69, 9.17) is 25.7 Å². The van der Waals surface area contributed by atoms with E-state index in [2.05, 4.69) is 19.9 Å². The standard InChI is InChI=1S/C29H32N4O4/c1-17(2)33-25-13-12-19(21-9-7-10-22(29(30)31)28(21)37-18(3)4)14-23(25)24(32-33)16-36-26-11-6-5-8-20(26)15-27(34)35/h5-14,17-18H,15-16H2,1-4H3,(H3,30,31)(H,34,35). The van der Waals surface area contributed by atoms with Gasteiger partial charge in [0.25, 0.3) is 0 Å². The Morgan fingerprint density at radius 3 is 2.51 bits per heavy atom. The smallest absolute Gasteiger partial charge is 0.307 e. The van der Waals surface area contributed by atoms with Crippen LogP contribution in [-0.2, 0) is 17.8 Å². The highest BCUT2D eigenvalue weighted by Gasteiger charge is 2.19. The number of carboxylic acid groups (broad SMARTS) is 1. The van der Waals surface area contributed by atoms with Gasteiger partial charge in [-0.25, -0.2) is 0 Å². The van der Waals surface area contributed by atoms with E-state index in [1.165, 1.54) is 0 Å². The van der Waals surface area contributed by atoms with Crippen molar-refractivity contribution in [1.82, 2.24) is 9.78 Å². The van der Waals surface area contributed by atoms with Crippen molar-refractivity contribution in [3.63, 3.8) is 0 Å². The minimum atomic E-state index is -0.914. The van der Waals surface area contributed by atoms with E-state index in [9.17, 15) is 9.90 Å². The van der Waals surface area contributed by atoms with Crippen molar-refractivity contribution in [3.05, 3.63) is 77.5 Å². The number of amidine groups is 1. The van der Waals surface area contributed by atoms with Gasteiger partial charge in [-0.15, -0.1) is 0 Å². The van der Waals surface area contributed by atoms with Gasteiger partial charge in [0.2, 0.25) is 0 Å². The average Bonchev–Trinajstić information content (AvgIpc) is 3.21. The fraction of sp³-hybridized carbons (Fsp3) is 0.276. The lowest BCUT2D eigenvalue weighted by Crippen LogP contribution is -2.16. The summed E-state index contributed by atoms with van der Waals surface area (Å²) in [6.07, 6.45) is -0.214. The summed E-state index contributed by atoms with van der Waals surface area (Å²) < 4.78 is 14.2. The summed E-state index contributed by atoms with van der Waals surface area (Å²) >= 11 is 0. The van der Waals surface area contributed by atoms with E-state index in [-0.39, 0.29) is 31.0 Å². The van der Waals surface area contributed by atoms with E-state index in [1.807, 2.05) is 48.9 Å². The number of carbonyl (C=O) groups is 1. The molecule has 3 aromatic carbocycles. The van der Waals surface area contributed by atoms with Crippen LogP contribution in [0.2, 0.25) is 0 Å². The van der Waals surface area contributed by atoms with Crippen LogP contribution in [0.1, 0.15) is 50.6 Å². The third-order valence-electron chi connectivity index (χ3n) is 5.92. The van der Waals surface area contributed by atoms with Gasteiger partial charge in [-0.3, -0.25) is 14.9 Å². The van der Waals surface area contributed by atoms with Crippen LogP contribution in [0.15, 0.2) is 60.7 Å². The van der Waals surface area contributed by atoms with Crippen molar-refractivity contribution >= 4 is 22.7 Å². The van der Waals surface area contributed by atoms with Gasteiger partial charge in [0, 0.05) is 22.6 Å². The molecule has 8 nitrogen and oxygen atoms in total. The Morgan fingerprint density at radius 2 is 1.84 bits per heavy atom. The lowest BCUT2D eigenvalue weighted by Gasteiger charge is -2.18. The number of fused-ring (bicyclic) bond motifs is 1. The van der Waals surface area contributed by atoms with E-state index in [1.54, 1.807) is 24.3 Å². The quantitative estimate of drug-likeness (QED) is 0.193. The van der Waals surface area contributed by atoms with Crippen molar-refractivity contribution in [1.29, 1.82) is 5.41 Å². The van der Waals surface area contributed by atoms with Crippen LogP contribution >= 0.6 is 0 Å². The summed E-state index contributed by atoms with van der Waals surface area (Å²) in [6, 6.07) is 19.0. The predicted octanol–water partition coefficient (Wildman–Crippen LogP) is 5.56. The fourth-order valence-corrected chi connectivity index (χ4v) is 4.31. The summed E-state index contributed by atoms with van der Waals surface area (Å²) in [5.41, 5.74) is 10.5.